The van der Waals surface area contributed by atoms with Gasteiger partial charge in [-0.15, -0.1) is 0 Å². The largest absolute Gasteiger partial charge is 0.278 e. The third-order valence-electron chi connectivity index (χ3n) is 2.76. The maximum absolute atomic E-state index is 4.23. The number of aryl methyl sites for hydroxylation is 2. The minimum Gasteiger partial charge on any atom is -0.278 e. The highest BCUT2D eigenvalue weighted by Gasteiger charge is 1.94. The number of hydrogen-bond donors (Lipinski definition) is 1. The number of nitrogens with zero attached hydrogens (tertiary/aromatic N) is 1. The van der Waals surface area contributed by atoms with Gasteiger partial charge in [-0.25, -0.2) is 0 Å². The van der Waals surface area contributed by atoms with Crippen molar-refractivity contribution in [3.8, 4) is 0 Å². The molecule has 0 aliphatic carbocycles. The Balaban J connectivity index is 2.05. The maximum Gasteiger partial charge on any atom is 0.0564 e. The van der Waals surface area contributed by atoms with Crippen LogP contribution < -0.4 is 5.43 Å². The van der Waals surface area contributed by atoms with Crippen LogP contribution in [0.3, 0.4) is 0 Å². The van der Waals surface area contributed by atoms with Gasteiger partial charge >= 0.3 is 0 Å². The van der Waals surface area contributed by atoms with Crippen LogP contribution in [0.25, 0.3) is 0 Å². The van der Waals surface area contributed by atoms with Gasteiger partial charge in [-0.3, -0.25) is 5.43 Å². The lowest BCUT2D eigenvalue weighted by Gasteiger charge is -2.04. The first-order valence-electron chi connectivity index (χ1n) is 5.77. The van der Waals surface area contributed by atoms with Crippen molar-refractivity contribution < 1.29 is 0 Å². The summed E-state index contributed by atoms with van der Waals surface area (Å²) in [5, 5.41) is 4.23. The van der Waals surface area contributed by atoms with Crippen molar-refractivity contribution in [3.63, 3.8) is 0 Å². The normalized spacial score (nSPS) is 10.8. The number of hydrogen-bond acceptors (Lipinski definition) is 2. The lowest BCUT2D eigenvalue weighted by atomic mass is 10.1. The molecule has 0 amide bonds. The summed E-state index contributed by atoms with van der Waals surface area (Å²) in [7, 11) is 0. The molecule has 0 bridgehead atoms. The fourth-order valence-electron chi connectivity index (χ4n) is 1.58. The highest BCUT2D eigenvalue weighted by Crippen LogP contribution is 2.14. The van der Waals surface area contributed by atoms with Crippen LogP contribution in [0.2, 0.25) is 0 Å². The molecular formula is C15H15BrN2. The Hall–Kier alpha value is -1.61. The van der Waals surface area contributed by atoms with Crippen molar-refractivity contribution in [2.45, 2.75) is 13.8 Å². The number of hydrazone groups is 1. The number of benzene rings is 2. The van der Waals surface area contributed by atoms with E-state index < -0.39 is 0 Å². The quantitative estimate of drug-likeness (QED) is 0.654. The Labute approximate surface area is 116 Å². The van der Waals surface area contributed by atoms with Gasteiger partial charge in [-0.2, -0.15) is 5.10 Å². The van der Waals surface area contributed by atoms with Crippen LogP contribution in [0.15, 0.2) is 52.0 Å². The molecule has 0 aromatic heterocycles. The first-order chi connectivity index (χ1) is 8.65. The molecule has 0 spiro atoms. The van der Waals surface area contributed by atoms with Gasteiger partial charge in [-0.05, 0) is 54.8 Å². The Kier molecular flexibility index (Phi) is 4.15. The minimum atomic E-state index is 1.00. The van der Waals surface area contributed by atoms with E-state index in [9.17, 15) is 0 Å². The summed E-state index contributed by atoms with van der Waals surface area (Å²) < 4.78 is 1.05. The van der Waals surface area contributed by atoms with Gasteiger partial charge in [0.05, 0.1) is 11.9 Å². The standard InChI is InChI=1S/C15H15BrN2/c1-11-6-7-15(8-12(11)2)18-17-10-13-4-3-5-14(16)9-13/h3-10,18H,1-2H3/b17-10+. The van der Waals surface area contributed by atoms with Crippen molar-refractivity contribution in [2.24, 2.45) is 5.10 Å². The summed E-state index contributed by atoms with van der Waals surface area (Å²) in [6.07, 6.45) is 1.81. The molecule has 0 atom stereocenters. The van der Waals surface area contributed by atoms with Gasteiger partial charge in [-0.1, -0.05) is 34.1 Å². The molecule has 0 radical (unpaired) electrons. The zero-order valence-corrected chi connectivity index (χ0v) is 12.0. The van der Waals surface area contributed by atoms with Crippen LogP contribution in [0.1, 0.15) is 16.7 Å². The smallest absolute Gasteiger partial charge is 0.0564 e. The second kappa shape index (κ2) is 5.83. The number of halogens is 1. The van der Waals surface area contributed by atoms with Crippen molar-refractivity contribution in [2.75, 3.05) is 5.43 Å². The first-order valence-corrected chi connectivity index (χ1v) is 6.56. The molecule has 1 N–H and O–H groups in total. The molecule has 18 heavy (non-hydrogen) atoms. The van der Waals surface area contributed by atoms with Crippen LogP contribution in [-0.2, 0) is 0 Å². The summed E-state index contributed by atoms with van der Waals surface area (Å²) in [6.45, 7) is 4.20. The van der Waals surface area contributed by atoms with Gasteiger partial charge in [0.1, 0.15) is 0 Å². The predicted molar refractivity (Wildman–Crippen MR) is 81.3 cm³/mol. The molecule has 0 saturated heterocycles. The molecule has 0 fully saturated rings. The average molecular weight is 303 g/mol. The zero-order valence-electron chi connectivity index (χ0n) is 10.4. The van der Waals surface area contributed by atoms with E-state index >= 15 is 0 Å². The van der Waals surface area contributed by atoms with E-state index in [-0.39, 0.29) is 0 Å². The Morgan fingerprint density at radius 1 is 1.06 bits per heavy atom. The maximum atomic E-state index is 4.23. The fraction of sp³-hybridized carbons (Fsp3) is 0.133. The van der Waals surface area contributed by atoms with E-state index in [1.807, 2.05) is 30.3 Å². The first kappa shape index (κ1) is 12.8. The van der Waals surface area contributed by atoms with Gasteiger partial charge in [0.2, 0.25) is 0 Å². The molecule has 2 aromatic carbocycles. The second-order valence-corrected chi connectivity index (χ2v) is 5.14. The molecule has 2 nitrogen and oxygen atoms in total. The molecular weight excluding hydrogens is 288 g/mol. The van der Waals surface area contributed by atoms with Crippen molar-refractivity contribution in [3.05, 3.63) is 63.6 Å². The second-order valence-electron chi connectivity index (χ2n) is 4.22. The van der Waals surface area contributed by atoms with Crippen LogP contribution in [0.4, 0.5) is 5.69 Å². The van der Waals surface area contributed by atoms with Crippen LogP contribution in [0.5, 0.6) is 0 Å². The number of anilines is 1. The number of rotatable bonds is 3. The monoisotopic (exact) mass is 302 g/mol. The van der Waals surface area contributed by atoms with E-state index in [1.54, 1.807) is 6.21 Å². The van der Waals surface area contributed by atoms with Crippen molar-refractivity contribution in [1.29, 1.82) is 0 Å². The molecule has 0 heterocycles. The van der Waals surface area contributed by atoms with Gasteiger partial charge in [0, 0.05) is 4.47 Å². The fourth-order valence-corrected chi connectivity index (χ4v) is 2.00. The van der Waals surface area contributed by atoms with Crippen LogP contribution >= 0.6 is 15.9 Å². The average Bonchev–Trinajstić information content (AvgIpc) is 2.34. The summed E-state index contributed by atoms with van der Waals surface area (Å²) in [5.74, 6) is 0. The van der Waals surface area contributed by atoms with E-state index in [2.05, 4.69) is 52.4 Å². The van der Waals surface area contributed by atoms with Crippen molar-refractivity contribution in [1.82, 2.24) is 0 Å². The van der Waals surface area contributed by atoms with E-state index in [4.69, 9.17) is 0 Å². The lowest BCUT2D eigenvalue weighted by Crippen LogP contribution is -1.92. The summed E-state index contributed by atoms with van der Waals surface area (Å²) >= 11 is 3.43. The molecule has 0 saturated carbocycles. The van der Waals surface area contributed by atoms with Gasteiger partial charge in [0.15, 0.2) is 0 Å². The topological polar surface area (TPSA) is 24.4 Å². The summed E-state index contributed by atoms with van der Waals surface area (Å²) in [4.78, 5) is 0. The summed E-state index contributed by atoms with van der Waals surface area (Å²) in [5.41, 5.74) is 7.65. The highest BCUT2D eigenvalue weighted by molar-refractivity contribution is 9.10. The third kappa shape index (κ3) is 3.44. The Morgan fingerprint density at radius 3 is 2.61 bits per heavy atom. The molecule has 2 rings (SSSR count). The van der Waals surface area contributed by atoms with Crippen molar-refractivity contribution >= 4 is 27.8 Å². The van der Waals surface area contributed by atoms with E-state index in [0.717, 1.165) is 15.7 Å². The van der Waals surface area contributed by atoms with E-state index in [1.165, 1.54) is 11.1 Å². The van der Waals surface area contributed by atoms with Gasteiger partial charge < -0.3 is 0 Å². The van der Waals surface area contributed by atoms with Crippen LogP contribution in [0, 0.1) is 13.8 Å². The molecule has 92 valence electrons. The Bertz CT molecular complexity index is 576. The molecule has 0 aliphatic heterocycles. The van der Waals surface area contributed by atoms with Gasteiger partial charge in [0.25, 0.3) is 0 Å². The SMILES string of the molecule is Cc1ccc(N/N=C/c2cccc(Br)c2)cc1C. The molecule has 0 unspecified atom stereocenters. The zero-order chi connectivity index (χ0) is 13.0. The molecule has 0 aliphatic rings. The predicted octanol–water partition coefficient (Wildman–Crippen LogP) is 4.51. The van der Waals surface area contributed by atoms with E-state index in [0.29, 0.717) is 0 Å². The third-order valence-corrected chi connectivity index (χ3v) is 3.26. The lowest BCUT2D eigenvalue weighted by molar-refractivity contribution is 1.29. The minimum absolute atomic E-state index is 1.00. The highest BCUT2D eigenvalue weighted by atomic mass is 79.9. The number of nitrogens with one attached hydrogen (secondary N) is 1. The summed E-state index contributed by atoms with van der Waals surface area (Å²) in [6, 6.07) is 14.2. The Morgan fingerprint density at radius 2 is 1.89 bits per heavy atom. The molecule has 3 heteroatoms. The van der Waals surface area contributed by atoms with Crippen LogP contribution in [-0.4, -0.2) is 6.21 Å². The molecule has 2 aromatic rings.